The summed E-state index contributed by atoms with van der Waals surface area (Å²) in [5.74, 6) is 3.08. The molecule has 0 radical (unpaired) electrons. The Morgan fingerprint density at radius 2 is 1.94 bits per heavy atom. The molecule has 4 unspecified atom stereocenters. The van der Waals surface area contributed by atoms with Crippen molar-refractivity contribution in [2.24, 2.45) is 23.2 Å². The summed E-state index contributed by atoms with van der Waals surface area (Å²) in [7, 11) is 0. The first-order valence-corrected chi connectivity index (χ1v) is 7.81. The van der Waals surface area contributed by atoms with Crippen LogP contribution in [0.4, 0.5) is 0 Å². The van der Waals surface area contributed by atoms with Gasteiger partial charge in [-0.05, 0) is 61.8 Å². The smallest absolute Gasteiger partial charge is 0.0149 e. The molecule has 1 N–H and O–H groups in total. The molecule has 0 aromatic rings. The van der Waals surface area contributed by atoms with Crippen molar-refractivity contribution >= 4 is 0 Å². The van der Waals surface area contributed by atoms with Crippen LogP contribution in [0.15, 0.2) is 0 Å². The molecule has 2 saturated carbocycles. The molecule has 0 spiro atoms. The van der Waals surface area contributed by atoms with E-state index in [0.717, 1.165) is 23.8 Å². The van der Waals surface area contributed by atoms with Crippen LogP contribution in [-0.4, -0.2) is 12.6 Å². The van der Waals surface area contributed by atoms with Gasteiger partial charge in [-0.15, -0.1) is 0 Å². The molecule has 1 heteroatoms. The second-order valence-electron chi connectivity index (χ2n) is 7.11. The molecule has 2 aliphatic rings. The average molecular weight is 237 g/mol. The van der Waals surface area contributed by atoms with Crippen LogP contribution in [0.3, 0.4) is 0 Å². The number of rotatable bonds is 6. The second-order valence-corrected chi connectivity index (χ2v) is 7.11. The van der Waals surface area contributed by atoms with Gasteiger partial charge in [-0.1, -0.05) is 34.1 Å². The first-order chi connectivity index (χ1) is 8.08. The molecule has 1 nitrogen and oxygen atoms in total. The fraction of sp³-hybridized carbons (Fsp3) is 1.00. The van der Waals surface area contributed by atoms with Crippen LogP contribution in [0.1, 0.15) is 66.2 Å². The van der Waals surface area contributed by atoms with Crippen LogP contribution in [0, 0.1) is 23.2 Å². The Morgan fingerprint density at radius 3 is 2.41 bits per heavy atom. The monoisotopic (exact) mass is 237 g/mol. The van der Waals surface area contributed by atoms with E-state index in [1.807, 2.05) is 0 Å². The van der Waals surface area contributed by atoms with Gasteiger partial charge in [0.05, 0.1) is 0 Å². The van der Waals surface area contributed by atoms with Gasteiger partial charge < -0.3 is 5.32 Å². The van der Waals surface area contributed by atoms with E-state index in [4.69, 9.17) is 0 Å². The zero-order chi connectivity index (χ0) is 12.5. The lowest BCUT2D eigenvalue weighted by atomic mass is 9.70. The lowest BCUT2D eigenvalue weighted by molar-refractivity contribution is 0.127. The highest BCUT2D eigenvalue weighted by molar-refractivity contribution is 4.99. The van der Waals surface area contributed by atoms with E-state index in [9.17, 15) is 0 Å². The first-order valence-electron chi connectivity index (χ1n) is 7.81. The van der Waals surface area contributed by atoms with E-state index in [-0.39, 0.29) is 0 Å². The molecule has 0 amide bonds. The topological polar surface area (TPSA) is 12.0 Å². The van der Waals surface area contributed by atoms with Crippen molar-refractivity contribution in [3.63, 3.8) is 0 Å². The molecule has 0 heterocycles. The van der Waals surface area contributed by atoms with Crippen molar-refractivity contribution in [2.45, 2.75) is 72.3 Å². The summed E-state index contributed by atoms with van der Waals surface area (Å²) >= 11 is 0. The molecule has 0 aromatic carbocycles. The van der Waals surface area contributed by atoms with Gasteiger partial charge in [0.15, 0.2) is 0 Å². The molecule has 17 heavy (non-hydrogen) atoms. The number of nitrogens with one attached hydrogen (secondary N) is 1. The molecular weight excluding hydrogens is 206 g/mol. The summed E-state index contributed by atoms with van der Waals surface area (Å²) in [6.45, 7) is 10.8. The van der Waals surface area contributed by atoms with Crippen molar-refractivity contribution in [3.05, 3.63) is 0 Å². The molecule has 2 rings (SSSR count). The number of fused-ring (bicyclic) bond motifs is 2. The molecule has 0 aliphatic heterocycles. The van der Waals surface area contributed by atoms with E-state index in [2.05, 4.69) is 33.0 Å². The van der Waals surface area contributed by atoms with Gasteiger partial charge in [-0.3, -0.25) is 0 Å². The third kappa shape index (κ3) is 2.70. The molecule has 4 atom stereocenters. The van der Waals surface area contributed by atoms with Gasteiger partial charge in [0.1, 0.15) is 0 Å². The average Bonchev–Trinajstić information content (AvgIpc) is 2.91. The molecule has 2 bridgehead atoms. The van der Waals surface area contributed by atoms with Gasteiger partial charge in [0.25, 0.3) is 0 Å². The Balaban J connectivity index is 2.04. The third-order valence-electron chi connectivity index (χ3n) is 5.59. The van der Waals surface area contributed by atoms with E-state index in [1.54, 1.807) is 0 Å². The maximum atomic E-state index is 3.89. The van der Waals surface area contributed by atoms with E-state index < -0.39 is 0 Å². The third-order valence-corrected chi connectivity index (χ3v) is 5.59. The maximum absolute atomic E-state index is 3.89. The van der Waals surface area contributed by atoms with Crippen molar-refractivity contribution in [1.82, 2.24) is 5.32 Å². The standard InChI is InChI=1S/C16H31N/c1-5-9-17-15(16(3,4)6-2)14-11-12-7-8-13(14)10-12/h12-15,17H,5-11H2,1-4H3. The fourth-order valence-corrected chi connectivity index (χ4v) is 4.23. The van der Waals surface area contributed by atoms with Gasteiger partial charge >= 0.3 is 0 Å². The highest BCUT2D eigenvalue weighted by atomic mass is 14.9. The van der Waals surface area contributed by atoms with Crippen LogP contribution in [0.25, 0.3) is 0 Å². The van der Waals surface area contributed by atoms with Gasteiger partial charge in [0, 0.05) is 6.04 Å². The lowest BCUT2D eigenvalue weighted by Crippen LogP contribution is -2.48. The quantitative estimate of drug-likeness (QED) is 0.729. The second kappa shape index (κ2) is 5.30. The Kier molecular flexibility index (Phi) is 4.18. The van der Waals surface area contributed by atoms with Crippen LogP contribution in [0.2, 0.25) is 0 Å². The van der Waals surface area contributed by atoms with Crippen molar-refractivity contribution in [2.75, 3.05) is 6.54 Å². The number of hydrogen-bond donors (Lipinski definition) is 1. The van der Waals surface area contributed by atoms with Gasteiger partial charge in [-0.2, -0.15) is 0 Å². The minimum Gasteiger partial charge on any atom is -0.313 e. The maximum Gasteiger partial charge on any atom is 0.0149 e. The number of hydrogen-bond acceptors (Lipinski definition) is 1. The van der Waals surface area contributed by atoms with Crippen LogP contribution < -0.4 is 5.32 Å². The SMILES string of the molecule is CCCNC(C1CC2CCC1C2)C(C)(C)CC. The van der Waals surface area contributed by atoms with E-state index in [1.165, 1.54) is 45.1 Å². The predicted molar refractivity (Wildman–Crippen MR) is 75.1 cm³/mol. The largest absolute Gasteiger partial charge is 0.313 e. The van der Waals surface area contributed by atoms with Gasteiger partial charge in [0.2, 0.25) is 0 Å². The van der Waals surface area contributed by atoms with E-state index in [0.29, 0.717) is 5.41 Å². The minimum atomic E-state index is 0.463. The zero-order valence-corrected chi connectivity index (χ0v) is 12.3. The van der Waals surface area contributed by atoms with Crippen LogP contribution >= 0.6 is 0 Å². The van der Waals surface area contributed by atoms with Crippen molar-refractivity contribution < 1.29 is 0 Å². The minimum absolute atomic E-state index is 0.463. The summed E-state index contributed by atoms with van der Waals surface area (Å²) in [6, 6.07) is 0.753. The molecule has 2 aliphatic carbocycles. The summed E-state index contributed by atoms with van der Waals surface area (Å²) in [5.41, 5.74) is 0.463. The summed E-state index contributed by atoms with van der Waals surface area (Å²) in [5, 5.41) is 3.89. The first kappa shape index (κ1) is 13.4. The Labute approximate surface area is 108 Å². The van der Waals surface area contributed by atoms with E-state index >= 15 is 0 Å². The Hall–Kier alpha value is -0.0400. The molecule has 2 fully saturated rings. The molecular formula is C16H31N. The van der Waals surface area contributed by atoms with Crippen molar-refractivity contribution in [3.8, 4) is 0 Å². The normalized spacial score (nSPS) is 34.2. The summed E-state index contributed by atoms with van der Waals surface area (Å²) in [4.78, 5) is 0. The fourth-order valence-electron chi connectivity index (χ4n) is 4.23. The summed E-state index contributed by atoms with van der Waals surface area (Å²) < 4.78 is 0. The van der Waals surface area contributed by atoms with Crippen LogP contribution in [0.5, 0.6) is 0 Å². The molecule has 0 aromatic heterocycles. The lowest BCUT2D eigenvalue weighted by Gasteiger charge is -2.42. The predicted octanol–water partition coefficient (Wildman–Crippen LogP) is 4.23. The molecule has 100 valence electrons. The van der Waals surface area contributed by atoms with Gasteiger partial charge in [-0.25, -0.2) is 0 Å². The Bertz CT molecular complexity index is 246. The Morgan fingerprint density at radius 1 is 1.18 bits per heavy atom. The van der Waals surface area contributed by atoms with Crippen molar-refractivity contribution in [1.29, 1.82) is 0 Å². The molecule has 0 saturated heterocycles. The zero-order valence-electron chi connectivity index (χ0n) is 12.3. The highest BCUT2D eigenvalue weighted by Crippen LogP contribution is 2.52. The summed E-state index contributed by atoms with van der Waals surface area (Å²) in [6.07, 6.45) is 8.64. The highest BCUT2D eigenvalue weighted by Gasteiger charge is 2.46. The van der Waals surface area contributed by atoms with Crippen LogP contribution in [-0.2, 0) is 0 Å².